The summed E-state index contributed by atoms with van der Waals surface area (Å²) in [6.45, 7) is 1.54. The number of anilines is 1. The molecule has 1 unspecified atom stereocenters. The van der Waals surface area contributed by atoms with Crippen LogP contribution in [-0.4, -0.2) is 70.1 Å². The lowest BCUT2D eigenvalue weighted by molar-refractivity contribution is -0.124. The summed E-state index contributed by atoms with van der Waals surface area (Å²) >= 11 is 0. The summed E-state index contributed by atoms with van der Waals surface area (Å²) in [5, 5.41) is 28.2. The Morgan fingerprint density at radius 2 is 1.95 bits per heavy atom. The second-order valence-electron chi connectivity index (χ2n) is 9.70. The minimum Gasteiger partial charge on any atom is -0.481 e. The van der Waals surface area contributed by atoms with Crippen molar-refractivity contribution >= 4 is 28.9 Å². The van der Waals surface area contributed by atoms with E-state index in [9.17, 15) is 14.0 Å². The molecule has 12 nitrogen and oxygen atoms in total. The molecule has 2 atom stereocenters. The molecule has 2 fully saturated rings. The van der Waals surface area contributed by atoms with Gasteiger partial charge in [-0.25, -0.2) is 9.37 Å². The minimum absolute atomic E-state index is 0.0382. The summed E-state index contributed by atoms with van der Waals surface area (Å²) in [7, 11) is 2.94. The first-order valence-corrected chi connectivity index (χ1v) is 12.4. The molecule has 13 heteroatoms. The van der Waals surface area contributed by atoms with Crippen molar-refractivity contribution in [3.05, 3.63) is 36.0 Å². The highest BCUT2D eigenvalue weighted by atomic mass is 19.1. The lowest BCUT2D eigenvalue weighted by Gasteiger charge is -2.27. The van der Waals surface area contributed by atoms with Crippen LogP contribution in [0.5, 0.6) is 5.88 Å². The van der Waals surface area contributed by atoms with Gasteiger partial charge in [-0.2, -0.15) is 5.10 Å². The normalized spacial score (nSPS) is 17.1. The summed E-state index contributed by atoms with van der Waals surface area (Å²) in [6.07, 6.45) is 8.07. The maximum atomic E-state index is 14.0. The first-order chi connectivity index (χ1) is 18.3. The van der Waals surface area contributed by atoms with Crippen LogP contribution in [0.2, 0.25) is 0 Å². The molecule has 2 aromatic heterocycles. The maximum Gasteiger partial charge on any atom is 0.272 e. The van der Waals surface area contributed by atoms with Crippen molar-refractivity contribution in [2.24, 2.45) is 22.9 Å². The number of halogens is 1. The number of pyridine rings is 1. The highest BCUT2D eigenvalue weighted by molar-refractivity contribution is 6.65. The molecule has 5 N–H and O–H groups in total. The lowest BCUT2D eigenvalue weighted by atomic mass is 9.88. The van der Waals surface area contributed by atoms with Gasteiger partial charge >= 0.3 is 0 Å². The number of ether oxygens (including phenoxy) is 2. The summed E-state index contributed by atoms with van der Waals surface area (Å²) in [5.41, 5.74) is 0.316. The zero-order valence-corrected chi connectivity index (χ0v) is 21.5. The van der Waals surface area contributed by atoms with Crippen LogP contribution in [0.1, 0.15) is 44.2 Å². The summed E-state index contributed by atoms with van der Waals surface area (Å²) in [5.74, 6) is -0.846. The number of carbonyl (C=O) groups is 2. The van der Waals surface area contributed by atoms with Crippen LogP contribution in [-0.2, 0) is 14.3 Å². The van der Waals surface area contributed by atoms with Crippen LogP contribution >= 0.6 is 0 Å². The van der Waals surface area contributed by atoms with Crippen molar-refractivity contribution in [1.29, 1.82) is 5.41 Å². The van der Waals surface area contributed by atoms with E-state index in [1.807, 2.05) is 0 Å². The predicted molar refractivity (Wildman–Crippen MR) is 137 cm³/mol. The van der Waals surface area contributed by atoms with Gasteiger partial charge < -0.3 is 25.3 Å². The van der Waals surface area contributed by atoms with Crippen LogP contribution in [0.4, 0.5) is 10.1 Å². The van der Waals surface area contributed by atoms with Crippen LogP contribution in [0.3, 0.4) is 0 Å². The van der Waals surface area contributed by atoms with Gasteiger partial charge in [-0.3, -0.25) is 19.7 Å². The molecule has 2 aliphatic carbocycles. The summed E-state index contributed by atoms with van der Waals surface area (Å²) < 4.78 is 26.1. The fourth-order valence-corrected chi connectivity index (χ4v) is 4.77. The van der Waals surface area contributed by atoms with Gasteiger partial charge in [0.05, 0.1) is 37.0 Å². The van der Waals surface area contributed by atoms with Crippen molar-refractivity contribution < 1.29 is 28.7 Å². The molecule has 4 rings (SSSR count). The van der Waals surface area contributed by atoms with Crippen molar-refractivity contribution in [2.75, 3.05) is 26.1 Å². The molecule has 2 aromatic rings. The number of carbonyl (C=O) groups excluding carboxylic acids is 2. The molecular weight excluding hydrogens is 497 g/mol. The zero-order valence-electron chi connectivity index (χ0n) is 21.5. The fourth-order valence-electron chi connectivity index (χ4n) is 4.77. The lowest BCUT2D eigenvalue weighted by Crippen LogP contribution is -2.52. The number of hydrogen-bond acceptors (Lipinski definition) is 8. The third kappa shape index (κ3) is 6.15. The number of amides is 2. The van der Waals surface area contributed by atoms with Crippen LogP contribution in [0.15, 0.2) is 29.8 Å². The Morgan fingerprint density at radius 1 is 1.26 bits per heavy atom. The van der Waals surface area contributed by atoms with Crippen molar-refractivity contribution in [3.63, 3.8) is 0 Å². The van der Waals surface area contributed by atoms with Gasteiger partial charge in [0.1, 0.15) is 23.6 Å². The maximum absolute atomic E-state index is 14.0. The van der Waals surface area contributed by atoms with Gasteiger partial charge in [-0.1, -0.05) is 0 Å². The van der Waals surface area contributed by atoms with E-state index in [1.165, 1.54) is 38.1 Å². The smallest absolute Gasteiger partial charge is 0.272 e. The second-order valence-corrected chi connectivity index (χ2v) is 9.70. The summed E-state index contributed by atoms with van der Waals surface area (Å²) in [4.78, 5) is 30.3. The quantitative estimate of drug-likeness (QED) is 0.202. The third-order valence-corrected chi connectivity index (χ3v) is 6.95. The average Bonchev–Trinajstić information content (AvgIpc) is 3.85. The molecule has 0 aliphatic heterocycles. The Labute approximate surface area is 219 Å². The molecule has 0 radical (unpaired) electrons. The molecule has 204 valence electrons. The molecule has 2 aliphatic rings. The molecule has 0 aromatic carbocycles. The highest BCUT2D eigenvalue weighted by Crippen LogP contribution is 2.50. The first kappa shape index (κ1) is 27.2. The Kier molecular flexibility index (Phi) is 8.35. The number of aromatic nitrogens is 3. The number of hydrogen-bond donors (Lipinski definition) is 3. The van der Waals surface area contributed by atoms with E-state index in [0.29, 0.717) is 23.1 Å². The van der Waals surface area contributed by atoms with E-state index in [-0.39, 0.29) is 24.1 Å². The van der Waals surface area contributed by atoms with Gasteiger partial charge in [-0.15, -0.1) is 0 Å². The zero-order chi connectivity index (χ0) is 27.4. The molecule has 2 saturated carbocycles. The predicted octanol–water partition coefficient (Wildman–Crippen LogP) is 1.64. The number of nitrogens with one attached hydrogen (secondary N) is 3. The van der Waals surface area contributed by atoms with Gasteiger partial charge in [0.25, 0.3) is 5.91 Å². The minimum atomic E-state index is -0.855. The van der Waals surface area contributed by atoms with E-state index >= 15 is 0 Å². The highest BCUT2D eigenvalue weighted by Gasteiger charge is 2.48. The third-order valence-electron chi connectivity index (χ3n) is 6.95. The van der Waals surface area contributed by atoms with Crippen molar-refractivity contribution in [2.45, 2.75) is 44.7 Å². The molecule has 38 heavy (non-hydrogen) atoms. The van der Waals surface area contributed by atoms with Gasteiger partial charge in [0.15, 0.2) is 5.71 Å². The van der Waals surface area contributed by atoms with E-state index in [0.717, 1.165) is 31.9 Å². The van der Waals surface area contributed by atoms with Crippen LogP contribution < -0.4 is 15.4 Å². The van der Waals surface area contributed by atoms with E-state index in [1.54, 1.807) is 6.20 Å². The largest absolute Gasteiger partial charge is 0.481 e. The molecular formula is C25H33FN7O5+. The van der Waals surface area contributed by atoms with E-state index < -0.39 is 35.4 Å². The monoisotopic (exact) mass is 530 g/mol. The molecule has 0 bridgehead atoms. The SMILES string of the molecule is COCC(c1cc(F)cnc1OC)n1cc(NC(=O)[C@@H](NC(=O)C(=N)/C(C)=N\[OH2+])C(C2CC2)C2CC2)cn1. The average molecular weight is 531 g/mol. The Hall–Kier alpha value is -3.87. The van der Waals surface area contributed by atoms with Gasteiger partial charge in [-0.05, 0) is 56.4 Å². The number of rotatable bonds is 13. The Morgan fingerprint density at radius 3 is 2.53 bits per heavy atom. The number of methoxy groups -OCH3 is 2. The van der Waals surface area contributed by atoms with Crippen molar-refractivity contribution in [1.82, 2.24) is 20.1 Å². The second kappa shape index (κ2) is 11.7. The first-order valence-electron chi connectivity index (χ1n) is 12.4. The standard InChI is InChI=1S/C25H32FN7O5/c1-13(32-36)21(27)23(34)31-22(20(14-4-5-14)15-6-7-15)24(35)30-17-10-29-33(11-17)19(12-37-2)18-8-16(26)9-28-25(18)38-3/h8-11,14-15,19-20,22,27,36H,4-7,12H2,1-3H3,(H,30,35)(H,31,34)/p+1/b27-21?,32-13-/t19?,22-/m0/s1. The Bertz CT molecular complexity index is 1210. The topological polar surface area (TPSA) is 166 Å². The van der Waals surface area contributed by atoms with Crippen LogP contribution in [0.25, 0.3) is 0 Å². The summed E-state index contributed by atoms with van der Waals surface area (Å²) in [6, 6.07) is -0.141. The van der Waals surface area contributed by atoms with Gasteiger partial charge in [0, 0.05) is 18.9 Å². The Balaban J connectivity index is 1.56. The molecule has 0 saturated heterocycles. The van der Waals surface area contributed by atoms with E-state index in [2.05, 4.69) is 25.9 Å². The molecule has 2 amide bonds. The number of nitrogens with zero attached hydrogens (tertiary/aromatic N) is 4. The molecule has 2 heterocycles. The van der Waals surface area contributed by atoms with E-state index in [4.69, 9.17) is 20.1 Å². The van der Waals surface area contributed by atoms with Gasteiger partial charge in [0.2, 0.25) is 11.8 Å². The van der Waals surface area contributed by atoms with Crippen LogP contribution in [0, 0.1) is 29.0 Å². The molecule has 0 spiro atoms. The van der Waals surface area contributed by atoms with Crippen molar-refractivity contribution in [3.8, 4) is 5.88 Å². The fraction of sp³-hybridized carbons (Fsp3) is 0.520.